The Morgan fingerprint density at radius 2 is 0.773 bits per heavy atom. The van der Waals surface area contributed by atoms with Gasteiger partial charge in [0.1, 0.15) is 0 Å². The van der Waals surface area contributed by atoms with Crippen LogP contribution in [-0.2, 0) is 0 Å². The van der Waals surface area contributed by atoms with Crippen molar-refractivity contribution in [1.29, 1.82) is 5.26 Å². The smallest absolute Gasteiger partial charge is 0.0991 e. The highest BCUT2D eigenvalue weighted by atomic mass is 15.1. The number of aromatic nitrogens is 5. The van der Waals surface area contributed by atoms with Gasteiger partial charge in [-0.05, 0) is 78.4 Å². The predicted octanol–water partition coefficient (Wildman–Crippen LogP) is 15.0. The summed E-state index contributed by atoms with van der Waals surface area (Å²) in [6.07, 6.45) is 4.04. The maximum absolute atomic E-state index is 10.4. The van der Waals surface area contributed by atoms with E-state index in [0.29, 0.717) is 5.56 Å². The third-order valence-electron chi connectivity index (χ3n) is 13.6. The summed E-state index contributed by atoms with van der Waals surface area (Å²) in [5.74, 6) is 0. The predicted molar refractivity (Wildman–Crippen MR) is 272 cm³/mol. The number of fused-ring (bicyclic) bond motifs is 14. The summed E-state index contributed by atoms with van der Waals surface area (Å²) in [6.45, 7) is 0. The average Bonchev–Trinajstić information content (AvgIpc) is 4.11. The number of pyridine rings is 1. The maximum Gasteiger partial charge on any atom is 0.0991 e. The maximum atomic E-state index is 10.4. The molecule has 0 radical (unpaired) electrons. The SMILES string of the molecule is N#Cc1cccc(-c2c(-n3c4ccccc4c4ccc5c(c6ccccc6n5-c5ccccc5)c43)cncc2-n2c3ccccc3c3ccc4c(c5ccccc5n4-c4ccccc4)c32)c1. The van der Waals surface area contributed by atoms with Crippen LogP contribution in [0.3, 0.4) is 0 Å². The monoisotopic (exact) mass is 840 g/mol. The van der Waals surface area contributed by atoms with Crippen molar-refractivity contribution in [3.63, 3.8) is 0 Å². The highest BCUT2D eigenvalue weighted by molar-refractivity contribution is 6.28. The Balaban J connectivity index is 1.18. The van der Waals surface area contributed by atoms with Crippen molar-refractivity contribution in [1.82, 2.24) is 23.3 Å². The van der Waals surface area contributed by atoms with Gasteiger partial charge in [0.25, 0.3) is 0 Å². The molecule has 0 amide bonds. The molecule has 0 atom stereocenters. The largest absolute Gasteiger partial charge is 0.309 e. The number of nitrogens with zero attached hydrogens (tertiary/aromatic N) is 6. The van der Waals surface area contributed by atoms with Gasteiger partial charge in [0.15, 0.2) is 0 Å². The van der Waals surface area contributed by atoms with Crippen molar-refractivity contribution in [3.05, 3.63) is 224 Å². The number of benzene rings is 9. The van der Waals surface area contributed by atoms with Crippen LogP contribution in [0.1, 0.15) is 5.56 Å². The Morgan fingerprint density at radius 1 is 0.348 bits per heavy atom. The summed E-state index contributed by atoms with van der Waals surface area (Å²) < 4.78 is 9.63. The molecule has 0 aliphatic rings. The Bertz CT molecular complexity index is 4100. The Kier molecular flexibility index (Phi) is 7.65. The highest BCUT2D eigenvalue weighted by Crippen LogP contribution is 2.47. The molecule has 0 aliphatic heterocycles. The standard InChI is InChI=1S/C60H36N6/c61-35-38-16-15-17-39(34-38)56-54(65-48-26-11-7-22-42(48)44-30-32-52-57(59(44)65)46-24-9-13-28-50(46)63(52)40-18-3-1-4-19-40)36-62-37-55(56)66-49-27-12-8-23-43(49)45-31-33-53-58(60(45)66)47-25-10-14-29-51(47)64(53)41-20-5-2-6-21-41/h1-34,36-37H. The molecule has 0 unspecified atom stereocenters. The third-order valence-corrected chi connectivity index (χ3v) is 13.6. The highest BCUT2D eigenvalue weighted by Gasteiger charge is 2.27. The first-order chi connectivity index (χ1) is 32.8. The Morgan fingerprint density at radius 3 is 1.24 bits per heavy atom. The van der Waals surface area contributed by atoms with E-state index in [-0.39, 0.29) is 0 Å². The average molecular weight is 841 g/mol. The van der Waals surface area contributed by atoms with Gasteiger partial charge in [-0.25, -0.2) is 0 Å². The molecular weight excluding hydrogens is 805 g/mol. The lowest BCUT2D eigenvalue weighted by molar-refractivity contribution is 1.10. The Hall–Kier alpha value is -9.18. The van der Waals surface area contributed by atoms with E-state index in [1.165, 1.54) is 10.8 Å². The first-order valence-corrected chi connectivity index (χ1v) is 22.3. The molecule has 9 aromatic carbocycles. The summed E-state index contributed by atoms with van der Waals surface area (Å²) in [5, 5.41) is 19.7. The Labute approximate surface area is 378 Å². The quantitative estimate of drug-likeness (QED) is 0.173. The van der Waals surface area contributed by atoms with Gasteiger partial charge in [0.2, 0.25) is 0 Å². The van der Waals surface area contributed by atoms with Crippen molar-refractivity contribution in [3.8, 4) is 39.9 Å². The molecular formula is C60H36N6. The topological polar surface area (TPSA) is 56.4 Å². The van der Waals surface area contributed by atoms with Gasteiger partial charge in [-0.15, -0.1) is 0 Å². The van der Waals surface area contributed by atoms with E-state index in [1.807, 2.05) is 30.6 Å². The number of hydrogen-bond acceptors (Lipinski definition) is 2. The molecule has 0 N–H and O–H groups in total. The fraction of sp³-hybridized carbons (Fsp3) is 0. The zero-order valence-electron chi connectivity index (χ0n) is 35.5. The van der Waals surface area contributed by atoms with Gasteiger partial charge in [0.05, 0.1) is 79.5 Å². The number of rotatable bonds is 5. The van der Waals surface area contributed by atoms with Gasteiger partial charge in [-0.2, -0.15) is 5.26 Å². The molecule has 5 heterocycles. The zero-order chi connectivity index (χ0) is 43.5. The lowest BCUT2D eigenvalue weighted by Crippen LogP contribution is -2.05. The van der Waals surface area contributed by atoms with Gasteiger partial charge in [-0.1, -0.05) is 133 Å². The lowest BCUT2D eigenvalue weighted by Gasteiger charge is -2.20. The number of para-hydroxylation sites is 6. The third kappa shape index (κ3) is 4.97. The second-order valence-corrected chi connectivity index (χ2v) is 17.0. The summed E-state index contributed by atoms with van der Waals surface area (Å²) in [7, 11) is 0. The normalized spacial score (nSPS) is 11.9. The van der Waals surface area contributed by atoms with Crippen LogP contribution in [0.4, 0.5) is 0 Å². The van der Waals surface area contributed by atoms with Crippen LogP contribution < -0.4 is 0 Å². The van der Waals surface area contributed by atoms with Crippen molar-refractivity contribution in [2.45, 2.75) is 0 Å². The zero-order valence-corrected chi connectivity index (χ0v) is 35.5. The molecule has 5 aromatic heterocycles. The van der Waals surface area contributed by atoms with Crippen molar-refractivity contribution in [2.24, 2.45) is 0 Å². The van der Waals surface area contributed by atoms with E-state index in [2.05, 4.69) is 212 Å². The van der Waals surface area contributed by atoms with Crippen molar-refractivity contribution in [2.75, 3.05) is 0 Å². The molecule has 0 spiro atoms. The molecule has 6 nitrogen and oxygen atoms in total. The van der Waals surface area contributed by atoms with E-state index < -0.39 is 0 Å². The molecule has 14 aromatic rings. The van der Waals surface area contributed by atoms with Crippen LogP contribution >= 0.6 is 0 Å². The fourth-order valence-electron chi connectivity index (χ4n) is 11.0. The van der Waals surface area contributed by atoms with Gasteiger partial charge >= 0.3 is 0 Å². The molecule has 0 saturated heterocycles. The van der Waals surface area contributed by atoms with Crippen LogP contribution in [0.15, 0.2) is 219 Å². The van der Waals surface area contributed by atoms with Crippen molar-refractivity contribution < 1.29 is 0 Å². The first-order valence-electron chi connectivity index (χ1n) is 22.3. The molecule has 0 fully saturated rings. The van der Waals surface area contributed by atoms with E-state index in [1.54, 1.807) is 0 Å². The number of hydrogen-bond donors (Lipinski definition) is 0. The van der Waals surface area contributed by atoms with Gasteiger partial charge < -0.3 is 18.3 Å². The minimum absolute atomic E-state index is 0.590. The molecule has 0 saturated carbocycles. The molecule has 6 heteroatoms. The lowest BCUT2D eigenvalue weighted by atomic mass is 10.00. The molecule has 66 heavy (non-hydrogen) atoms. The minimum Gasteiger partial charge on any atom is -0.309 e. The van der Waals surface area contributed by atoms with E-state index in [4.69, 9.17) is 4.98 Å². The van der Waals surface area contributed by atoms with Gasteiger partial charge in [0, 0.05) is 60.0 Å². The molecule has 0 aliphatic carbocycles. The van der Waals surface area contributed by atoms with E-state index in [9.17, 15) is 5.26 Å². The van der Waals surface area contributed by atoms with Crippen LogP contribution in [0.2, 0.25) is 0 Å². The number of nitriles is 1. The summed E-state index contributed by atoms with van der Waals surface area (Å²) in [5.41, 5.74) is 15.4. The van der Waals surface area contributed by atoms with Crippen LogP contribution in [0, 0.1) is 11.3 Å². The van der Waals surface area contributed by atoms with Gasteiger partial charge in [-0.3, -0.25) is 4.98 Å². The molecule has 0 bridgehead atoms. The summed E-state index contributed by atoms with van der Waals surface area (Å²) >= 11 is 0. The second kappa shape index (κ2) is 13.9. The molecule has 306 valence electrons. The second-order valence-electron chi connectivity index (χ2n) is 17.0. The van der Waals surface area contributed by atoms with Crippen molar-refractivity contribution >= 4 is 87.2 Å². The summed E-state index contributed by atoms with van der Waals surface area (Å²) in [4.78, 5) is 5.23. The van der Waals surface area contributed by atoms with Crippen LogP contribution in [-0.4, -0.2) is 23.3 Å². The first kappa shape index (κ1) is 36.3. The molecule has 14 rings (SSSR count). The minimum atomic E-state index is 0.590. The summed E-state index contributed by atoms with van der Waals surface area (Å²) in [6, 6.07) is 75.8. The van der Waals surface area contributed by atoms with Crippen LogP contribution in [0.25, 0.3) is 121 Å². The van der Waals surface area contributed by atoms with E-state index in [0.717, 1.165) is 110 Å². The van der Waals surface area contributed by atoms with E-state index >= 15 is 0 Å². The fourth-order valence-corrected chi connectivity index (χ4v) is 11.0. The van der Waals surface area contributed by atoms with Crippen LogP contribution in [0.5, 0.6) is 0 Å².